The van der Waals surface area contributed by atoms with Gasteiger partial charge in [0.2, 0.25) is 0 Å². The molecule has 1 aliphatic rings. The smallest absolute Gasteiger partial charge is 0.398 e. The molecule has 2 aromatic rings. The van der Waals surface area contributed by atoms with Crippen molar-refractivity contribution in [3.05, 3.63) is 35.6 Å². The molecule has 2 heterocycles. The van der Waals surface area contributed by atoms with E-state index in [0.29, 0.717) is 0 Å². The Balaban J connectivity index is 1.96. The number of thiazole rings is 1. The standard InChI is InChI=1S/C15H17BFNO2S/c1-14(2)15(3,4)20-16(19-14)13-12(21-9-18-13)10-5-7-11(17)8-6-10/h5-9H,1-4H3. The minimum atomic E-state index is -0.499. The summed E-state index contributed by atoms with van der Waals surface area (Å²) in [7, 11) is -0.499. The van der Waals surface area contributed by atoms with Gasteiger partial charge in [-0.2, -0.15) is 0 Å². The maximum absolute atomic E-state index is 13.1. The van der Waals surface area contributed by atoms with E-state index in [1.54, 1.807) is 17.6 Å². The highest BCUT2D eigenvalue weighted by atomic mass is 32.1. The van der Waals surface area contributed by atoms with Crippen molar-refractivity contribution in [3.63, 3.8) is 0 Å². The molecule has 21 heavy (non-hydrogen) atoms. The highest BCUT2D eigenvalue weighted by Gasteiger charge is 2.53. The lowest BCUT2D eigenvalue weighted by Gasteiger charge is -2.32. The van der Waals surface area contributed by atoms with Crippen LogP contribution in [-0.4, -0.2) is 23.3 Å². The molecular formula is C15H17BFNO2S. The molecule has 1 fully saturated rings. The van der Waals surface area contributed by atoms with Crippen molar-refractivity contribution < 1.29 is 13.7 Å². The Labute approximate surface area is 128 Å². The Kier molecular flexibility index (Phi) is 3.43. The average Bonchev–Trinajstić information content (AvgIpc) is 2.94. The molecule has 0 atom stereocenters. The summed E-state index contributed by atoms with van der Waals surface area (Å²) in [5.74, 6) is -0.250. The van der Waals surface area contributed by atoms with Crippen molar-refractivity contribution in [1.29, 1.82) is 0 Å². The van der Waals surface area contributed by atoms with Crippen LogP contribution in [-0.2, 0) is 9.31 Å². The third-order valence-corrected chi connectivity index (χ3v) is 5.07. The molecule has 6 heteroatoms. The number of rotatable bonds is 2. The van der Waals surface area contributed by atoms with Gasteiger partial charge < -0.3 is 9.31 Å². The van der Waals surface area contributed by atoms with Crippen molar-refractivity contribution >= 4 is 24.0 Å². The minimum absolute atomic E-state index is 0.250. The fourth-order valence-corrected chi connectivity index (χ4v) is 3.01. The van der Waals surface area contributed by atoms with Gasteiger partial charge in [-0.1, -0.05) is 12.1 Å². The minimum Gasteiger partial charge on any atom is -0.398 e. The molecule has 0 unspecified atom stereocenters. The molecule has 3 rings (SSSR count). The summed E-state index contributed by atoms with van der Waals surface area (Å²) in [6.07, 6.45) is 0. The van der Waals surface area contributed by atoms with Crippen molar-refractivity contribution in [3.8, 4) is 10.4 Å². The van der Waals surface area contributed by atoms with Gasteiger partial charge in [0.05, 0.1) is 27.2 Å². The number of hydrogen-bond acceptors (Lipinski definition) is 4. The quantitative estimate of drug-likeness (QED) is 0.798. The van der Waals surface area contributed by atoms with Crippen LogP contribution in [0.4, 0.5) is 4.39 Å². The van der Waals surface area contributed by atoms with Crippen molar-refractivity contribution in [2.75, 3.05) is 0 Å². The summed E-state index contributed by atoms with van der Waals surface area (Å²) in [6.45, 7) is 8.04. The van der Waals surface area contributed by atoms with E-state index in [4.69, 9.17) is 9.31 Å². The number of aromatic nitrogens is 1. The van der Waals surface area contributed by atoms with Gasteiger partial charge in [0.1, 0.15) is 5.82 Å². The first-order chi connectivity index (χ1) is 9.80. The Bertz CT molecular complexity index is 638. The highest BCUT2D eigenvalue weighted by Crippen LogP contribution is 2.37. The molecule has 1 saturated heterocycles. The second-order valence-corrected chi connectivity index (χ2v) is 7.02. The highest BCUT2D eigenvalue weighted by molar-refractivity contribution is 7.14. The molecule has 0 amide bonds. The second kappa shape index (κ2) is 4.90. The first kappa shape index (κ1) is 14.7. The second-order valence-electron chi connectivity index (χ2n) is 6.16. The van der Waals surface area contributed by atoms with Gasteiger partial charge >= 0.3 is 7.12 Å². The summed E-state index contributed by atoms with van der Waals surface area (Å²) in [5.41, 5.74) is 2.63. The predicted molar refractivity (Wildman–Crippen MR) is 83.2 cm³/mol. The van der Waals surface area contributed by atoms with E-state index in [9.17, 15) is 4.39 Å². The van der Waals surface area contributed by atoms with Gasteiger partial charge in [-0.15, -0.1) is 11.3 Å². The lowest BCUT2D eigenvalue weighted by Crippen LogP contribution is -2.41. The number of hydrogen-bond donors (Lipinski definition) is 0. The normalized spacial score (nSPS) is 20.0. The molecule has 0 saturated carbocycles. The van der Waals surface area contributed by atoms with Gasteiger partial charge in [0.15, 0.2) is 0 Å². The molecule has 1 aromatic carbocycles. The van der Waals surface area contributed by atoms with Crippen molar-refractivity contribution in [2.45, 2.75) is 38.9 Å². The fraction of sp³-hybridized carbons (Fsp3) is 0.400. The van der Waals surface area contributed by atoms with Gasteiger partial charge in [0.25, 0.3) is 0 Å². The zero-order valence-electron chi connectivity index (χ0n) is 12.5. The van der Waals surface area contributed by atoms with Crippen molar-refractivity contribution in [2.24, 2.45) is 0 Å². The van der Waals surface area contributed by atoms with Crippen LogP contribution in [0.15, 0.2) is 29.8 Å². The summed E-state index contributed by atoms with van der Waals surface area (Å²) >= 11 is 1.50. The fourth-order valence-electron chi connectivity index (χ4n) is 2.19. The largest absolute Gasteiger partial charge is 0.516 e. The zero-order chi connectivity index (χ0) is 15.3. The van der Waals surface area contributed by atoms with Gasteiger partial charge in [-0.3, -0.25) is 4.98 Å². The van der Waals surface area contributed by atoms with Crippen LogP contribution in [0.25, 0.3) is 10.4 Å². The van der Waals surface area contributed by atoms with Crippen LogP contribution in [0.3, 0.4) is 0 Å². The first-order valence-electron chi connectivity index (χ1n) is 6.85. The summed E-state index contributed by atoms with van der Waals surface area (Å²) in [5, 5.41) is 0. The third-order valence-electron chi connectivity index (χ3n) is 4.18. The monoisotopic (exact) mass is 305 g/mol. The summed E-state index contributed by atoms with van der Waals surface area (Å²) < 4.78 is 25.2. The average molecular weight is 305 g/mol. The van der Waals surface area contributed by atoms with E-state index >= 15 is 0 Å². The summed E-state index contributed by atoms with van der Waals surface area (Å²) in [6, 6.07) is 6.39. The lowest BCUT2D eigenvalue weighted by molar-refractivity contribution is 0.00578. The van der Waals surface area contributed by atoms with Gasteiger partial charge in [-0.25, -0.2) is 4.39 Å². The Morgan fingerprint density at radius 3 is 2.19 bits per heavy atom. The Morgan fingerprint density at radius 2 is 1.62 bits per heavy atom. The molecule has 1 aliphatic heterocycles. The molecule has 1 aromatic heterocycles. The van der Waals surface area contributed by atoms with E-state index in [1.165, 1.54) is 23.5 Å². The molecule has 3 nitrogen and oxygen atoms in total. The van der Waals surface area contributed by atoms with Crippen LogP contribution < -0.4 is 5.59 Å². The van der Waals surface area contributed by atoms with Crippen molar-refractivity contribution in [1.82, 2.24) is 4.98 Å². The lowest BCUT2D eigenvalue weighted by atomic mass is 9.82. The number of halogens is 1. The van der Waals surface area contributed by atoms with Crippen LogP contribution in [0, 0.1) is 5.82 Å². The maximum atomic E-state index is 13.1. The van der Waals surface area contributed by atoms with Crippen LogP contribution in [0.1, 0.15) is 27.7 Å². The molecule has 0 spiro atoms. The Morgan fingerprint density at radius 1 is 1.05 bits per heavy atom. The molecule has 110 valence electrons. The molecular weight excluding hydrogens is 288 g/mol. The molecule has 0 aliphatic carbocycles. The van der Waals surface area contributed by atoms with Gasteiger partial charge in [-0.05, 0) is 45.4 Å². The molecule has 0 bridgehead atoms. The first-order valence-corrected chi connectivity index (χ1v) is 7.73. The van der Waals surface area contributed by atoms with E-state index in [0.717, 1.165) is 16.0 Å². The summed E-state index contributed by atoms with van der Waals surface area (Å²) in [4.78, 5) is 5.36. The van der Waals surface area contributed by atoms with E-state index in [1.807, 2.05) is 27.7 Å². The van der Waals surface area contributed by atoms with E-state index in [2.05, 4.69) is 4.98 Å². The molecule has 0 N–H and O–H groups in total. The van der Waals surface area contributed by atoms with Crippen LogP contribution in [0.2, 0.25) is 0 Å². The maximum Gasteiger partial charge on any atom is 0.516 e. The van der Waals surface area contributed by atoms with E-state index < -0.39 is 18.3 Å². The third kappa shape index (κ3) is 2.52. The van der Waals surface area contributed by atoms with Crippen LogP contribution >= 0.6 is 11.3 Å². The van der Waals surface area contributed by atoms with Crippen LogP contribution in [0.5, 0.6) is 0 Å². The van der Waals surface area contributed by atoms with Gasteiger partial charge in [0, 0.05) is 0 Å². The number of nitrogens with zero attached hydrogens (tertiary/aromatic N) is 1. The molecule has 0 radical (unpaired) electrons. The Hall–Kier alpha value is -1.24. The topological polar surface area (TPSA) is 31.4 Å². The number of benzene rings is 1. The SMILES string of the molecule is CC1(C)OB(c2ncsc2-c2ccc(F)cc2)OC1(C)C. The predicted octanol–water partition coefficient (Wildman–Crippen LogP) is 3.25. The van der Waals surface area contributed by atoms with E-state index in [-0.39, 0.29) is 5.82 Å². The zero-order valence-corrected chi connectivity index (χ0v) is 13.3.